The second-order valence-electron chi connectivity index (χ2n) is 9.25. The summed E-state index contributed by atoms with van der Waals surface area (Å²) < 4.78 is 49.4. The number of amides is 2. The van der Waals surface area contributed by atoms with Gasteiger partial charge in [0, 0.05) is 21.3 Å². The summed E-state index contributed by atoms with van der Waals surface area (Å²) in [5, 5.41) is 7.54. The fourth-order valence-corrected chi connectivity index (χ4v) is 5.57. The molecule has 0 radical (unpaired) electrons. The molecule has 0 spiro atoms. The first-order chi connectivity index (χ1) is 18.6. The molecule has 0 unspecified atom stereocenters. The zero-order valence-corrected chi connectivity index (χ0v) is 25.4. The first-order valence-electron chi connectivity index (χ1n) is 11.9. The monoisotopic (exact) mass is 651 g/mol. The summed E-state index contributed by atoms with van der Waals surface area (Å²) in [5.41, 5.74) is 2.89. The average molecular weight is 653 g/mol. The minimum Gasteiger partial charge on any atom is -0.307 e. The molecule has 3 aromatic rings. The van der Waals surface area contributed by atoms with Crippen molar-refractivity contribution in [2.24, 2.45) is 5.14 Å². The van der Waals surface area contributed by atoms with E-state index in [9.17, 15) is 31.2 Å². The number of urea groups is 1. The Morgan fingerprint density at radius 2 is 1.25 bits per heavy atom. The van der Waals surface area contributed by atoms with Gasteiger partial charge < -0.3 is 5.32 Å². The lowest BCUT2D eigenvalue weighted by Crippen LogP contribution is -2.35. The fraction of sp³-hybridized carbons (Fsp3) is 0.222. The van der Waals surface area contributed by atoms with Gasteiger partial charge in [0.05, 0.1) is 9.79 Å². The average Bonchev–Trinajstić information content (AvgIpc) is 2.88. The van der Waals surface area contributed by atoms with Gasteiger partial charge in [0.15, 0.2) is 0 Å². The Balaban J connectivity index is 0.000000389. The van der Waals surface area contributed by atoms with E-state index in [-0.39, 0.29) is 27.2 Å². The first kappa shape index (κ1) is 32.8. The molecule has 0 saturated heterocycles. The molecule has 3 rings (SSSR count). The van der Waals surface area contributed by atoms with Crippen LogP contribution in [0.1, 0.15) is 71.4 Å². The molecule has 0 saturated carbocycles. The van der Waals surface area contributed by atoms with Gasteiger partial charge in [-0.2, -0.15) is 0 Å². The molecule has 0 atom stereocenters. The van der Waals surface area contributed by atoms with Crippen molar-refractivity contribution in [2.75, 3.05) is 5.32 Å². The highest BCUT2D eigenvalue weighted by atomic mass is 79.9. The van der Waals surface area contributed by atoms with Crippen LogP contribution in [-0.4, -0.2) is 35.4 Å². The van der Waals surface area contributed by atoms with Crippen molar-refractivity contribution < 1.29 is 31.2 Å². The van der Waals surface area contributed by atoms with E-state index in [0.29, 0.717) is 23.8 Å². The van der Waals surface area contributed by atoms with Crippen LogP contribution in [0.25, 0.3) is 0 Å². The molecule has 13 heteroatoms. The lowest BCUT2D eigenvalue weighted by molar-refractivity contribution is 0.111. The zero-order chi connectivity index (χ0) is 30.3. The van der Waals surface area contributed by atoms with Crippen molar-refractivity contribution in [3.8, 4) is 0 Å². The number of primary sulfonamides is 1. The molecule has 40 heavy (non-hydrogen) atoms. The van der Waals surface area contributed by atoms with Gasteiger partial charge in [-0.05, 0) is 59.4 Å². The van der Waals surface area contributed by atoms with Gasteiger partial charge in [-0.3, -0.25) is 9.59 Å². The molecule has 214 valence electrons. The summed E-state index contributed by atoms with van der Waals surface area (Å²) in [6.07, 6.45) is 1.11. The van der Waals surface area contributed by atoms with E-state index in [2.05, 4.69) is 21.2 Å². The Hall–Kier alpha value is -3.39. The minimum absolute atomic E-state index is 0.0490. The smallest absolute Gasteiger partial charge is 0.307 e. The van der Waals surface area contributed by atoms with Crippen LogP contribution in [0.5, 0.6) is 0 Å². The summed E-state index contributed by atoms with van der Waals surface area (Å²) >= 11 is 3.49. The lowest BCUT2D eigenvalue weighted by atomic mass is 9.93. The maximum atomic E-state index is 12.5. The Bertz CT molecular complexity index is 1590. The second kappa shape index (κ2) is 13.8. The van der Waals surface area contributed by atoms with E-state index in [1.807, 2.05) is 44.5 Å². The molecule has 0 heterocycles. The summed E-state index contributed by atoms with van der Waals surface area (Å²) in [6.45, 7) is 7.99. The highest BCUT2D eigenvalue weighted by molar-refractivity contribution is 9.10. The lowest BCUT2D eigenvalue weighted by Gasteiger charge is -2.21. The molecule has 0 aliphatic rings. The number of nitrogens with one attached hydrogen (secondary N) is 2. The molecular weight excluding hydrogens is 622 g/mol. The van der Waals surface area contributed by atoms with Crippen molar-refractivity contribution in [1.29, 1.82) is 0 Å². The number of nitrogens with two attached hydrogens (primary N) is 1. The number of aldehydes is 2. The van der Waals surface area contributed by atoms with Gasteiger partial charge in [0.2, 0.25) is 10.0 Å². The van der Waals surface area contributed by atoms with E-state index in [1.54, 1.807) is 0 Å². The standard InChI is InChI=1S/C20H23BrN2O4S.C7H7NO3S/c1-12(2)17-9-15(21)10-18(13(3)4)19(17)22-20(25)23-28(26,27)16-7-5-6-14(8-16)11-24;8-12(10,11)7-3-1-2-6(4-7)5-9/h5-13H,1-4H3,(H2,22,23,25);1-5H,(H2,8,10,11). The van der Waals surface area contributed by atoms with E-state index in [0.717, 1.165) is 15.6 Å². The summed E-state index contributed by atoms with van der Waals surface area (Å²) in [5.74, 6) is 0.234. The van der Waals surface area contributed by atoms with E-state index < -0.39 is 26.1 Å². The third kappa shape index (κ3) is 9.08. The molecule has 4 N–H and O–H groups in total. The van der Waals surface area contributed by atoms with Gasteiger partial charge in [-0.25, -0.2) is 31.5 Å². The van der Waals surface area contributed by atoms with Crippen LogP contribution in [0.3, 0.4) is 0 Å². The molecule has 0 aromatic heterocycles. The predicted molar refractivity (Wildman–Crippen MR) is 157 cm³/mol. The van der Waals surface area contributed by atoms with Gasteiger partial charge in [0.25, 0.3) is 10.0 Å². The maximum absolute atomic E-state index is 12.5. The highest BCUT2D eigenvalue weighted by Crippen LogP contribution is 2.35. The van der Waals surface area contributed by atoms with Crippen LogP contribution in [0.15, 0.2) is 74.9 Å². The van der Waals surface area contributed by atoms with Crippen LogP contribution in [0.4, 0.5) is 10.5 Å². The van der Waals surface area contributed by atoms with Crippen LogP contribution in [0.2, 0.25) is 0 Å². The molecule has 2 amide bonds. The normalized spacial score (nSPS) is 11.4. The Morgan fingerprint density at radius 1 is 0.800 bits per heavy atom. The number of hydrogen-bond donors (Lipinski definition) is 3. The number of hydrogen-bond acceptors (Lipinski definition) is 7. The summed E-state index contributed by atoms with van der Waals surface area (Å²) in [4.78, 5) is 33.4. The largest absolute Gasteiger partial charge is 0.333 e. The van der Waals surface area contributed by atoms with Crippen molar-refractivity contribution in [3.63, 3.8) is 0 Å². The number of sulfonamides is 2. The third-order valence-electron chi connectivity index (χ3n) is 5.50. The number of benzene rings is 3. The number of carbonyl (C=O) groups is 3. The topological polar surface area (TPSA) is 170 Å². The van der Waals surface area contributed by atoms with Gasteiger partial charge in [-0.15, -0.1) is 0 Å². The number of halogens is 1. The SMILES string of the molecule is CC(C)c1cc(Br)cc(C(C)C)c1NC(=O)NS(=O)(=O)c1cccc(C=O)c1.NS(=O)(=O)c1cccc(C=O)c1. The van der Waals surface area contributed by atoms with E-state index >= 15 is 0 Å². The third-order valence-corrected chi connectivity index (χ3v) is 8.20. The number of anilines is 1. The Labute approximate surface area is 242 Å². The molecule has 0 bridgehead atoms. The summed E-state index contributed by atoms with van der Waals surface area (Å²) in [7, 11) is -7.81. The van der Waals surface area contributed by atoms with Gasteiger partial charge in [-0.1, -0.05) is 67.9 Å². The molecule has 0 aliphatic carbocycles. The second-order valence-corrected chi connectivity index (χ2v) is 13.4. The molecule has 10 nitrogen and oxygen atoms in total. The molecule has 0 fully saturated rings. The zero-order valence-electron chi connectivity index (χ0n) is 22.2. The summed E-state index contributed by atoms with van der Waals surface area (Å²) in [6, 6.07) is 13.9. The first-order valence-corrected chi connectivity index (χ1v) is 15.7. The van der Waals surface area contributed by atoms with Crippen LogP contribution in [-0.2, 0) is 20.0 Å². The van der Waals surface area contributed by atoms with Gasteiger partial charge in [0.1, 0.15) is 12.6 Å². The number of carbonyl (C=O) groups excluding carboxylic acids is 3. The number of rotatable bonds is 8. The fourth-order valence-electron chi connectivity index (χ4n) is 3.54. The molecule has 0 aliphatic heterocycles. The minimum atomic E-state index is -4.12. The van der Waals surface area contributed by atoms with Crippen molar-refractivity contribution in [3.05, 3.63) is 87.4 Å². The van der Waals surface area contributed by atoms with E-state index in [4.69, 9.17) is 5.14 Å². The van der Waals surface area contributed by atoms with Crippen molar-refractivity contribution >= 4 is 60.3 Å². The Morgan fingerprint density at radius 3 is 1.68 bits per heavy atom. The highest BCUT2D eigenvalue weighted by Gasteiger charge is 2.22. The van der Waals surface area contributed by atoms with Crippen LogP contribution >= 0.6 is 15.9 Å². The van der Waals surface area contributed by atoms with E-state index in [1.165, 1.54) is 48.5 Å². The maximum Gasteiger partial charge on any atom is 0.333 e. The Kier molecular flexibility index (Phi) is 11.3. The quantitative estimate of drug-likeness (QED) is 0.282. The van der Waals surface area contributed by atoms with Crippen molar-refractivity contribution in [1.82, 2.24) is 4.72 Å². The van der Waals surface area contributed by atoms with Gasteiger partial charge >= 0.3 is 6.03 Å². The molecule has 3 aromatic carbocycles. The molecular formula is C27H30BrN3O7S2. The van der Waals surface area contributed by atoms with Crippen molar-refractivity contribution in [2.45, 2.75) is 49.3 Å². The van der Waals surface area contributed by atoms with Crippen LogP contribution in [0, 0.1) is 0 Å². The predicted octanol–water partition coefficient (Wildman–Crippen LogP) is 5.17. The van der Waals surface area contributed by atoms with Crippen LogP contribution < -0.4 is 15.2 Å².